The first-order valence-corrected chi connectivity index (χ1v) is 7.11. The molecule has 0 bridgehead atoms. The van der Waals surface area contributed by atoms with Crippen molar-refractivity contribution in [2.24, 2.45) is 13.0 Å². The van der Waals surface area contributed by atoms with Crippen molar-refractivity contribution in [1.82, 2.24) is 15.1 Å². The van der Waals surface area contributed by atoms with Gasteiger partial charge in [-0.15, -0.1) is 0 Å². The number of aromatic nitrogens is 2. The molecule has 1 unspecified atom stereocenters. The van der Waals surface area contributed by atoms with Crippen molar-refractivity contribution < 1.29 is 5.11 Å². The van der Waals surface area contributed by atoms with Crippen molar-refractivity contribution >= 4 is 0 Å². The minimum atomic E-state index is -0.183. The smallest absolute Gasteiger partial charge is 0.0667 e. The minimum absolute atomic E-state index is 0.183. The van der Waals surface area contributed by atoms with Crippen molar-refractivity contribution in [1.29, 1.82) is 0 Å². The number of hydrogen-bond acceptors (Lipinski definition) is 3. The van der Waals surface area contributed by atoms with Gasteiger partial charge in [0.25, 0.3) is 0 Å². The molecular formula is C14H25N3O. The van der Waals surface area contributed by atoms with E-state index < -0.39 is 0 Å². The van der Waals surface area contributed by atoms with Gasteiger partial charge in [-0.2, -0.15) is 5.10 Å². The third-order valence-electron chi connectivity index (χ3n) is 3.79. The molecule has 1 atom stereocenters. The van der Waals surface area contributed by atoms with E-state index in [1.54, 1.807) is 0 Å². The molecular weight excluding hydrogens is 226 g/mol. The summed E-state index contributed by atoms with van der Waals surface area (Å²) in [6, 6.07) is 2.04. The summed E-state index contributed by atoms with van der Waals surface area (Å²) >= 11 is 0. The average Bonchev–Trinajstić information content (AvgIpc) is 2.96. The molecule has 2 N–H and O–H groups in total. The van der Waals surface area contributed by atoms with Gasteiger partial charge in [0.05, 0.1) is 11.8 Å². The van der Waals surface area contributed by atoms with Crippen LogP contribution in [0.4, 0.5) is 0 Å². The summed E-state index contributed by atoms with van der Waals surface area (Å²) in [6.45, 7) is 1.60. The van der Waals surface area contributed by atoms with Crippen LogP contribution in [0.15, 0.2) is 12.3 Å². The van der Waals surface area contributed by atoms with E-state index in [2.05, 4.69) is 10.4 Å². The van der Waals surface area contributed by atoms with Gasteiger partial charge in [-0.1, -0.05) is 25.7 Å². The van der Waals surface area contributed by atoms with E-state index in [1.165, 1.54) is 25.7 Å². The van der Waals surface area contributed by atoms with Gasteiger partial charge in [-0.3, -0.25) is 4.68 Å². The molecule has 0 aliphatic heterocycles. The predicted octanol–water partition coefficient (Wildman–Crippen LogP) is 1.49. The second-order valence-corrected chi connectivity index (χ2v) is 5.47. The van der Waals surface area contributed by atoms with E-state index in [0.717, 1.165) is 31.0 Å². The summed E-state index contributed by atoms with van der Waals surface area (Å²) in [4.78, 5) is 0. The van der Waals surface area contributed by atoms with Crippen LogP contribution < -0.4 is 5.32 Å². The van der Waals surface area contributed by atoms with Gasteiger partial charge in [0.15, 0.2) is 0 Å². The molecule has 1 aliphatic carbocycles. The van der Waals surface area contributed by atoms with E-state index in [0.29, 0.717) is 6.54 Å². The zero-order valence-corrected chi connectivity index (χ0v) is 11.3. The quantitative estimate of drug-likeness (QED) is 0.722. The second-order valence-electron chi connectivity index (χ2n) is 5.47. The fraction of sp³-hybridized carbons (Fsp3) is 0.786. The molecule has 0 saturated heterocycles. The van der Waals surface area contributed by atoms with Gasteiger partial charge in [-0.05, 0) is 18.4 Å². The molecule has 18 heavy (non-hydrogen) atoms. The van der Waals surface area contributed by atoms with Crippen LogP contribution >= 0.6 is 0 Å². The summed E-state index contributed by atoms with van der Waals surface area (Å²) in [5, 5.41) is 17.6. The molecule has 0 spiro atoms. The number of nitrogens with zero attached hydrogens (tertiary/aromatic N) is 2. The van der Waals surface area contributed by atoms with Crippen molar-refractivity contribution in [3.63, 3.8) is 0 Å². The topological polar surface area (TPSA) is 50.1 Å². The van der Waals surface area contributed by atoms with E-state index in [9.17, 15) is 5.11 Å². The van der Waals surface area contributed by atoms with Gasteiger partial charge >= 0.3 is 0 Å². The summed E-state index contributed by atoms with van der Waals surface area (Å²) in [5.41, 5.74) is 1.11. The Kier molecular flexibility index (Phi) is 5.20. The lowest BCUT2D eigenvalue weighted by Crippen LogP contribution is -2.29. The number of hydrogen-bond donors (Lipinski definition) is 2. The Hall–Kier alpha value is -0.870. The number of aliphatic hydroxyl groups excluding tert-OH is 1. The molecule has 1 aliphatic rings. The zero-order valence-electron chi connectivity index (χ0n) is 11.3. The van der Waals surface area contributed by atoms with Crippen LogP contribution in [-0.2, 0) is 13.5 Å². The number of rotatable bonds is 7. The molecule has 0 amide bonds. The van der Waals surface area contributed by atoms with Gasteiger partial charge < -0.3 is 10.4 Å². The summed E-state index contributed by atoms with van der Waals surface area (Å²) < 4.78 is 1.82. The van der Waals surface area contributed by atoms with Crippen molar-refractivity contribution in [2.75, 3.05) is 13.1 Å². The van der Waals surface area contributed by atoms with Crippen molar-refractivity contribution in [2.45, 2.75) is 44.6 Å². The summed E-state index contributed by atoms with van der Waals surface area (Å²) in [7, 11) is 1.93. The predicted molar refractivity (Wildman–Crippen MR) is 72.4 cm³/mol. The van der Waals surface area contributed by atoms with Crippen LogP contribution in [0.3, 0.4) is 0 Å². The number of aryl methyl sites for hydroxylation is 1. The summed E-state index contributed by atoms with van der Waals surface area (Å²) in [6.07, 6.45) is 9.00. The average molecular weight is 251 g/mol. The Morgan fingerprint density at radius 1 is 1.50 bits per heavy atom. The zero-order chi connectivity index (χ0) is 12.8. The Balaban J connectivity index is 1.54. The highest BCUT2D eigenvalue weighted by Crippen LogP contribution is 2.28. The lowest BCUT2D eigenvalue weighted by atomic mass is 10.00. The minimum Gasteiger partial charge on any atom is -0.392 e. The van der Waals surface area contributed by atoms with E-state index in [1.807, 2.05) is 24.0 Å². The van der Waals surface area contributed by atoms with Crippen LogP contribution in [0.2, 0.25) is 0 Å². The maximum absolute atomic E-state index is 9.93. The van der Waals surface area contributed by atoms with Gasteiger partial charge in [0.1, 0.15) is 0 Å². The first kappa shape index (κ1) is 13.6. The second kappa shape index (κ2) is 6.90. The largest absolute Gasteiger partial charge is 0.392 e. The van der Waals surface area contributed by atoms with Crippen LogP contribution in [0.5, 0.6) is 0 Å². The first-order valence-electron chi connectivity index (χ1n) is 7.11. The Morgan fingerprint density at radius 2 is 2.28 bits per heavy atom. The molecule has 1 saturated carbocycles. The highest BCUT2D eigenvalue weighted by atomic mass is 16.3. The Labute approximate surface area is 109 Å². The molecule has 1 heterocycles. The molecule has 4 heteroatoms. The van der Waals surface area contributed by atoms with Crippen molar-refractivity contribution in [3.05, 3.63) is 18.0 Å². The lowest BCUT2D eigenvalue weighted by Gasteiger charge is -2.15. The van der Waals surface area contributed by atoms with Gasteiger partial charge in [-0.25, -0.2) is 0 Å². The monoisotopic (exact) mass is 251 g/mol. The standard InChI is InChI=1S/C14H25N3O/c1-17-9-7-13(16-17)6-8-15-11-14(18)10-12-4-2-3-5-12/h7,9,12,14-15,18H,2-6,8,10-11H2,1H3. The third-order valence-corrected chi connectivity index (χ3v) is 3.79. The van der Waals surface area contributed by atoms with Crippen LogP contribution in [0.1, 0.15) is 37.8 Å². The van der Waals surface area contributed by atoms with E-state index in [4.69, 9.17) is 0 Å². The van der Waals surface area contributed by atoms with E-state index >= 15 is 0 Å². The molecule has 1 aromatic heterocycles. The van der Waals surface area contributed by atoms with Crippen LogP contribution in [-0.4, -0.2) is 34.1 Å². The maximum Gasteiger partial charge on any atom is 0.0667 e. The molecule has 0 aromatic carbocycles. The Morgan fingerprint density at radius 3 is 2.94 bits per heavy atom. The molecule has 4 nitrogen and oxygen atoms in total. The van der Waals surface area contributed by atoms with Gasteiger partial charge in [0.2, 0.25) is 0 Å². The normalized spacial score (nSPS) is 18.3. The van der Waals surface area contributed by atoms with Crippen molar-refractivity contribution in [3.8, 4) is 0 Å². The fourth-order valence-corrected chi connectivity index (χ4v) is 2.80. The highest BCUT2D eigenvalue weighted by molar-refractivity contribution is 4.98. The Bertz CT molecular complexity index is 345. The first-order chi connectivity index (χ1) is 8.74. The molecule has 0 radical (unpaired) electrons. The molecule has 102 valence electrons. The maximum atomic E-state index is 9.93. The SMILES string of the molecule is Cn1ccc(CCNCC(O)CC2CCCC2)n1. The number of aliphatic hydroxyl groups is 1. The van der Waals surface area contributed by atoms with Crippen LogP contribution in [0, 0.1) is 5.92 Å². The highest BCUT2D eigenvalue weighted by Gasteiger charge is 2.18. The van der Waals surface area contributed by atoms with Crippen LogP contribution in [0.25, 0.3) is 0 Å². The fourth-order valence-electron chi connectivity index (χ4n) is 2.80. The third kappa shape index (κ3) is 4.42. The van der Waals surface area contributed by atoms with Gasteiger partial charge in [0, 0.05) is 32.8 Å². The lowest BCUT2D eigenvalue weighted by molar-refractivity contribution is 0.141. The molecule has 2 rings (SSSR count). The number of nitrogens with one attached hydrogen (secondary N) is 1. The molecule has 1 aromatic rings. The van der Waals surface area contributed by atoms with E-state index in [-0.39, 0.29) is 6.10 Å². The summed E-state index contributed by atoms with van der Waals surface area (Å²) in [5.74, 6) is 0.762. The molecule has 1 fully saturated rings.